The highest BCUT2D eigenvalue weighted by atomic mass is 16.5. The first kappa shape index (κ1) is 18.1. The van der Waals surface area contributed by atoms with Crippen molar-refractivity contribution in [3.63, 3.8) is 0 Å². The van der Waals surface area contributed by atoms with E-state index in [4.69, 9.17) is 4.74 Å². The number of aliphatic hydroxyl groups excluding tert-OH is 1. The summed E-state index contributed by atoms with van der Waals surface area (Å²) in [5.74, 6) is 0.753. The highest BCUT2D eigenvalue weighted by Crippen LogP contribution is 2.21. The van der Waals surface area contributed by atoms with Gasteiger partial charge in [0.1, 0.15) is 12.4 Å². The number of ether oxygens (including phenoxy) is 1. The van der Waals surface area contributed by atoms with Crippen molar-refractivity contribution in [2.24, 2.45) is 0 Å². The molecule has 3 aromatic rings. The van der Waals surface area contributed by atoms with Crippen LogP contribution in [-0.2, 0) is 6.61 Å². The van der Waals surface area contributed by atoms with E-state index >= 15 is 0 Å². The maximum Gasteiger partial charge on any atom is 0.120 e. The fraction of sp³-hybridized carbons (Fsp3) is 0.227. The normalized spacial score (nSPS) is 13.2. The van der Waals surface area contributed by atoms with E-state index in [1.807, 2.05) is 79.7 Å². The first-order valence-electron chi connectivity index (χ1n) is 8.81. The Morgan fingerprint density at radius 2 is 1.81 bits per heavy atom. The number of hydrogen-bond donors (Lipinski definition) is 2. The smallest absolute Gasteiger partial charge is 0.120 e. The van der Waals surface area contributed by atoms with E-state index in [-0.39, 0.29) is 6.04 Å². The lowest BCUT2D eigenvalue weighted by Gasteiger charge is -2.17. The van der Waals surface area contributed by atoms with E-state index in [1.165, 1.54) is 0 Å². The summed E-state index contributed by atoms with van der Waals surface area (Å²) in [6.07, 6.45) is 1.17. The molecule has 0 radical (unpaired) electrons. The molecule has 0 bridgehead atoms. The summed E-state index contributed by atoms with van der Waals surface area (Å²) < 4.78 is 5.84. The van der Waals surface area contributed by atoms with Gasteiger partial charge in [0.15, 0.2) is 0 Å². The molecule has 0 aliphatic rings. The molecule has 2 atom stereocenters. The summed E-state index contributed by atoms with van der Waals surface area (Å²) in [5.41, 5.74) is 2.90. The standard InChI is InChI=1S/C22H24N2O2/c1-17(21-12-5-6-13-23-21)24-15-22(25)19-10-7-11-20(14-19)26-16-18-8-3-2-4-9-18/h2-14,17,22,24-25H,15-16H2,1H3. The zero-order valence-corrected chi connectivity index (χ0v) is 14.9. The third-order valence-electron chi connectivity index (χ3n) is 4.24. The molecule has 0 saturated heterocycles. The van der Waals surface area contributed by atoms with Crippen LogP contribution in [0.1, 0.15) is 35.9 Å². The van der Waals surface area contributed by atoms with Gasteiger partial charge in [0.05, 0.1) is 11.8 Å². The van der Waals surface area contributed by atoms with Crippen LogP contribution in [0.2, 0.25) is 0 Å². The van der Waals surface area contributed by atoms with E-state index in [9.17, 15) is 5.11 Å². The molecule has 0 spiro atoms. The maximum atomic E-state index is 10.5. The Kier molecular flexibility index (Phi) is 6.36. The van der Waals surface area contributed by atoms with Gasteiger partial charge in [-0.25, -0.2) is 0 Å². The molecule has 1 heterocycles. The molecule has 26 heavy (non-hydrogen) atoms. The predicted molar refractivity (Wildman–Crippen MR) is 103 cm³/mol. The molecule has 0 fully saturated rings. The number of aliphatic hydroxyl groups is 1. The molecular weight excluding hydrogens is 324 g/mol. The van der Waals surface area contributed by atoms with Crippen LogP contribution in [0.3, 0.4) is 0 Å². The fourth-order valence-corrected chi connectivity index (χ4v) is 2.70. The second-order valence-corrected chi connectivity index (χ2v) is 6.25. The number of rotatable bonds is 8. The topological polar surface area (TPSA) is 54.4 Å². The van der Waals surface area contributed by atoms with Gasteiger partial charge in [0, 0.05) is 18.8 Å². The van der Waals surface area contributed by atoms with Crippen LogP contribution in [0.15, 0.2) is 79.0 Å². The number of hydrogen-bond acceptors (Lipinski definition) is 4. The molecule has 0 aliphatic heterocycles. The van der Waals surface area contributed by atoms with Crippen LogP contribution in [0.4, 0.5) is 0 Å². The van der Waals surface area contributed by atoms with Gasteiger partial charge in [-0.05, 0) is 42.3 Å². The predicted octanol–water partition coefficient (Wildman–Crippen LogP) is 4.04. The van der Waals surface area contributed by atoms with Crippen LogP contribution >= 0.6 is 0 Å². The number of pyridine rings is 1. The quantitative estimate of drug-likeness (QED) is 0.645. The van der Waals surface area contributed by atoms with Crippen molar-refractivity contribution >= 4 is 0 Å². The van der Waals surface area contributed by atoms with Gasteiger partial charge in [-0.3, -0.25) is 4.98 Å². The van der Waals surface area contributed by atoms with Crippen molar-refractivity contribution in [3.8, 4) is 5.75 Å². The molecule has 2 N–H and O–H groups in total. The number of nitrogens with zero attached hydrogens (tertiary/aromatic N) is 1. The Morgan fingerprint density at radius 1 is 1.00 bits per heavy atom. The molecule has 3 rings (SSSR count). The van der Waals surface area contributed by atoms with Crippen molar-refractivity contribution < 1.29 is 9.84 Å². The SMILES string of the molecule is CC(NCC(O)c1cccc(OCc2ccccc2)c1)c1ccccn1. The molecule has 4 heteroatoms. The zero-order chi connectivity index (χ0) is 18.2. The van der Waals surface area contributed by atoms with Crippen molar-refractivity contribution in [1.82, 2.24) is 10.3 Å². The Hall–Kier alpha value is -2.69. The van der Waals surface area contributed by atoms with E-state index in [1.54, 1.807) is 6.20 Å². The molecule has 0 saturated carbocycles. The second-order valence-electron chi connectivity index (χ2n) is 6.25. The van der Waals surface area contributed by atoms with Crippen LogP contribution in [0.5, 0.6) is 5.75 Å². The number of aromatic nitrogens is 1. The lowest BCUT2D eigenvalue weighted by molar-refractivity contribution is 0.170. The fourth-order valence-electron chi connectivity index (χ4n) is 2.70. The molecule has 1 aromatic heterocycles. The average Bonchev–Trinajstić information content (AvgIpc) is 2.72. The first-order chi connectivity index (χ1) is 12.7. The van der Waals surface area contributed by atoms with Gasteiger partial charge in [0.25, 0.3) is 0 Å². The second kappa shape index (κ2) is 9.13. The van der Waals surface area contributed by atoms with Gasteiger partial charge in [-0.15, -0.1) is 0 Å². The summed E-state index contributed by atoms with van der Waals surface area (Å²) in [6, 6.07) is 23.5. The lowest BCUT2D eigenvalue weighted by atomic mass is 10.1. The highest BCUT2D eigenvalue weighted by Gasteiger charge is 2.12. The average molecular weight is 348 g/mol. The summed E-state index contributed by atoms with van der Waals surface area (Å²) in [5, 5.41) is 13.8. The summed E-state index contributed by atoms with van der Waals surface area (Å²) in [6.45, 7) is 2.99. The monoisotopic (exact) mass is 348 g/mol. The third kappa shape index (κ3) is 5.15. The van der Waals surface area contributed by atoms with Crippen molar-refractivity contribution in [1.29, 1.82) is 0 Å². The molecular formula is C22H24N2O2. The van der Waals surface area contributed by atoms with Gasteiger partial charge in [-0.1, -0.05) is 48.5 Å². The summed E-state index contributed by atoms with van der Waals surface area (Å²) in [4.78, 5) is 4.33. The minimum atomic E-state index is -0.610. The van der Waals surface area contributed by atoms with Crippen molar-refractivity contribution in [2.75, 3.05) is 6.54 Å². The van der Waals surface area contributed by atoms with Gasteiger partial charge in [-0.2, -0.15) is 0 Å². The molecule has 4 nitrogen and oxygen atoms in total. The third-order valence-corrected chi connectivity index (χ3v) is 4.24. The molecule has 2 unspecified atom stereocenters. The van der Waals surface area contributed by atoms with Gasteiger partial charge in [0.2, 0.25) is 0 Å². The minimum Gasteiger partial charge on any atom is -0.489 e. The number of benzene rings is 2. The zero-order valence-electron chi connectivity index (χ0n) is 14.9. The van der Waals surface area contributed by atoms with Gasteiger partial charge >= 0.3 is 0 Å². The Balaban J connectivity index is 1.55. The van der Waals surface area contributed by atoms with E-state index in [0.29, 0.717) is 13.2 Å². The van der Waals surface area contributed by atoms with E-state index in [0.717, 1.165) is 22.6 Å². The van der Waals surface area contributed by atoms with Crippen molar-refractivity contribution in [3.05, 3.63) is 95.8 Å². The highest BCUT2D eigenvalue weighted by molar-refractivity contribution is 5.30. The largest absolute Gasteiger partial charge is 0.489 e. The Bertz CT molecular complexity index is 794. The minimum absolute atomic E-state index is 0.0726. The Labute approximate surface area is 154 Å². The molecule has 0 aliphatic carbocycles. The molecule has 2 aromatic carbocycles. The van der Waals surface area contributed by atoms with Crippen LogP contribution in [0.25, 0.3) is 0 Å². The number of nitrogens with one attached hydrogen (secondary N) is 1. The van der Waals surface area contributed by atoms with Crippen molar-refractivity contribution in [2.45, 2.75) is 25.7 Å². The van der Waals surface area contributed by atoms with Crippen LogP contribution in [-0.4, -0.2) is 16.6 Å². The first-order valence-corrected chi connectivity index (χ1v) is 8.81. The maximum absolute atomic E-state index is 10.5. The summed E-state index contributed by atoms with van der Waals surface area (Å²) >= 11 is 0. The molecule has 134 valence electrons. The van der Waals surface area contributed by atoms with E-state index in [2.05, 4.69) is 10.3 Å². The van der Waals surface area contributed by atoms with Gasteiger partial charge < -0.3 is 15.2 Å². The van der Waals surface area contributed by atoms with E-state index < -0.39 is 6.10 Å². The molecule has 0 amide bonds. The van der Waals surface area contributed by atoms with Crippen LogP contribution < -0.4 is 10.1 Å². The lowest BCUT2D eigenvalue weighted by Crippen LogP contribution is -2.25. The van der Waals surface area contributed by atoms with Crippen LogP contribution in [0, 0.1) is 0 Å². The Morgan fingerprint density at radius 3 is 2.58 bits per heavy atom. The summed E-state index contributed by atoms with van der Waals surface area (Å²) in [7, 11) is 0.